The third kappa shape index (κ3) is 5.28. The Morgan fingerprint density at radius 3 is 2.90 bits per heavy atom. The van der Waals surface area contributed by atoms with Crippen LogP contribution in [0.2, 0.25) is 0 Å². The van der Waals surface area contributed by atoms with Gasteiger partial charge in [0.25, 0.3) is 0 Å². The van der Waals surface area contributed by atoms with Crippen molar-refractivity contribution in [2.75, 3.05) is 6.54 Å². The fourth-order valence-electron chi connectivity index (χ4n) is 0.420. The molecule has 0 saturated heterocycles. The molecule has 0 bridgehead atoms. The highest BCUT2D eigenvalue weighted by atomic mass is 32.1. The Morgan fingerprint density at radius 2 is 2.40 bits per heavy atom. The molecule has 0 amide bonds. The summed E-state index contributed by atoms with van der Waals surface area (Å²) < 4.78 is 0. The summed E-state index contributed by atoms with van der Waals surface area (Å²) in [5.74, 6) is 4.97. The SMILES string of the molecule is N#CCCCNC(=S)NN. The van der Waals surface area contributed by atoms with Crippen molar-refractivity contribution < 1.29 is 0 Å². The molecule has 56 valence electrons. The van der Waals surface area contributed by atoms with Crippen molar-refractivity contribution >= 4 is 17.3 Å². The Hall–Kier alpha value is -0.860. The molecule has 0 aliphatic carbocycles. The molecule has 0 fully saturated rings. The number of nitriles is 1. The summed E-state index contributed by atoms with van der Waals surface area (Å²) in [6.07, 6.45) is 1.33. The predicted molar refractivity (Wildman–Crippen MR) is 42.8 cm³/mol. The van der Waals surface area contributed by atoms with Crippen molar-refractivity contribution in [1.29, 1.82) is 5.26 Å². The molecule has 0 spiro atoms. The molecule has 0 heterocycles. The molecule has 10 heavy (non-hydrogen) atoms. The van der Waals surface area contributed by atoms with Crippen LogP contribution < -0.4 is 16.6 Å². The van der Waals surface area contributed by atoms with Gasteiger partial charge in [-0.3, -0.25) is 0 Å². The molecule has 0 aliphatic heterocycles. The van der Waals surface area contributed by atoms with Crippen LogP contribution in [0.4, 0.5) is 0 Å². The molecule has 0 unspecified atom stereocenters. The molecule has 0 aliphatic rings. The van der Waals surface area contributed by atoms with Crippen LogP contribution >= 0.6 is 12.2 Å². The standard InChI is InChI=1S/C5H10N4S/c6-3-1-2-4-8-5(10)9-7/h1-2,4,7H2,(H2,8,9,10). The Labute approximate surface area is 65.4 Å². The largest absolute Gasteiger partial charge is 0.362 e. The second-order valence-electron chi connectivity index (χ2n) is 1.66. The lowest BCUT2D eigenvalue weighted by atomic mass is 10.3. The third-order valence-corrected chi connectivity index (χ3v) is 1.14. The summed E-state index contributed by atoms with van der Waals surface area (Å²) in [6.45, 7) is 0.691. The minimum atomic E-state index is 0.415. The van der Waals surface area contributed by atoms with Crippen LogP contribution in [-0.4, -0.2) is 11.7 Å². The maximum Gasteiger partial charge on any atom is 0.180 e. The molecule has 5 heteroatoms. The van der Waals surface area contributed by atoms with E-state index in [1.165, 1.54) is 0 Å². The molecule has 0 atom stereocenters. The third-order valence-electron chi connectivity index (χ3n) is 0.882. The van der Waals surface area contributed by atoms with E-state index in [9.17, 15) is 0 Å². The first-order valence-electron chi connectivity index (χ1n) is 2.92. The Morgan fingerprint density at radius 1 is 1.70 bits per heavy atom. The molecule has 0 rings (SSSR count). The maximum atomic E-state index is 8.14. The summed E-state index contributed by atoms with van der Waals surface area (Å²) >= 11 is 4.67. The van der Waals surface area contributed by atoms with E-state index in [-0.39, 0.29) is 0 Å². The number of hydrogen-bond acceptors (Lipinski definition) is 3. The molecule has 0 aromatic carbocycles. The molecule has 4 N–H and O–H groups in total. The van der Waals surface area contributed by atoms with Gasteiger partial charge in [-0.2, -0.15) is 5.26 Å². The summed E-state index contributed by atoms with van der Waals surface area (Å²) in [5, 5.41) is 11.4. The van der Waals surface area contributed by atoms with E-state index in [1.54, 1.807) is 0 Å². The smallest absolute Gasteiger partial charge is 0.180 e. The first kappa shape index (κ1) is 9.14. The van der Waals surface area contributed by atoms with Gasteiger partial charge in [-0.25, -0.2) is 5.84 Å². The van der Waals surface area contributed by atoms with Crippen molar-refractivity contribution in [3.63, 3.8) is 0 Å². The van der Waals surface area contributed by atoms with E-state index in [2.05, 4.69) is 23.0 Å². The molecular weight excluding hydrogens is 148 g/mol. The fourth-order valence-corrected chi connectivity index (χ4v) is 0.522. The lowest BCUT2D eigenvalue weighted by Crippen LogP contribution is -2.39. The minimum Gasteiger partial charge on any atom is -0.362 e. The number of rotatable bonds is 3. The first-order valence-corrected chi connectivity index (χ1v) is 3.33. The Balaban J connectivity index is 3.05. The van der Waals surface area contributed by atoms with Crippen molar-refractivity contribution in [1.82, 2.24) is 10.7 Å². The summed E-state index contributed by atoms with van der Waals surface area (Å²) in [7, 11) is 0. The van der Waals surface area contributed by atoms with Crippen molar-refractivity contribution in [2.45, 2.75) is 12.8 Å². The van der Waals surface area contributed by atoms with Gasteiger partial charge in [0.15, 0.2) is 5.11 Å². The van der Waals surface area contributed by atoms with Gasteiger partial charge in [0.05, 0.1) is 6.07 Å². The second-order valence-corrected chi connectivity index (χ2v) is 2.07. The van der Waals surface area contributed by atoms with Crippen LogP contribution in [-0.2, 0) is 0 Å². The fraction of sp³-hybridized carbons (Fsp3) is 0.600. The zero-order chi connectivity index (χ0) is 7.82. The zero-order valence-electron chi connectivity index (χ0n) is 5.55. The monoisotopic (exact) mass is 158 g/mol. The van der Waals surface area contributed by atoms with Crippen molar-refractivity contribution in [2.24, 2.45) is 5.84 Å². The molecular formula is C5H10N4S. The lowest BCUT2D eigenvalue weighted by molar-refractivity contribution is 0.778. The molecule has 0 aromatic heterocycles. The second kappa shape index (κ2) is 6.26. The van der Waals surface area contributed by atoms with E-state index in [4.69, 9.17) is 11.1 Å². The highest BCUT2D eigenvalue weighted by Gasteiger charge is 1.88. The number of hydrazine groups is 1. The number of hydrogen-bond donors (Lipinski definition) is 3. The van der Waals surface area contributed by atoms with E-state index < -0.39 is 0 Å². The van der Waals surface area contributed by atoms with Crippen LogP contribution in [0.1, 0.15) is 12.8 Å². The summed E-state index contributed by atoms with van der Waals surface area (Å²) in [6, 6.07) is 2.02. The average molecular weight is 158 g/mol. The van der Waals surface area contributed by atoms with Gasteiger partial charge < -0.3 is 10.7 Å². The average Bonchev–Trinajstić information content (AvgIpc) is 1.98. The van der Waals surface area contributed by atoms with Crippen molar-refractivity contribution in [3.8, 4) is 6.07 Å². The Kier molecular flexibility index (Phi) is 5.72. The van der Waals surface area contributed by atoms with Gasteiger partial charge in [0, 0.05) is 13.0 Å². The normalized spacial score (nSPS) is 8.00. The van der Waals surface area contributed by atoms with Crippen LogP contribution in [0.15, 0.2) is 0 Å². The predicted octanol–water partition coefficient (Wildman–Crippen LogP) is -0.372. The van der Waals surface area contributed by atoms with Crippen LogP contribution in [0.5, 0.6) is 0 Å². The van der Waals surface area contributed by atoms with E-state index >= 15 is 0 Å². The number of unbranched alkanes of at least 4 members (excludes halogenated alkanes) is 1. The molecule has 0 aromatic rings. The van der Waals surface area contributed by atoms with Gasteiger partial charge in [0.1, 0.15) is 0 Å². The van der Waals surface area contributed by atoms with Crippen LogP contribution in [0.3, 0.4) is 0 Å². The van der Waals surface area contributed by atoms with Crippen LogP contribution in [0, 0.1) is 11.3 Å². The highest BCUT2D eigenvalue weighted by Crippen LogP contribution is 1.81. The van der Waals surface area contributed by atoms with E-state index in [0.717, 1.165) is 6.42 Å². The topological polar surface area (TPSA) is 73.9 Å². The van der Waals surface area contributed by atoms with Crippen molar-refractivity contribution in [3.05, 3.63) is 0 Å². The summed E-state index contributed by atoms with van der Waals surface area (Å²) in [5.41, 5.74) is 2.28. The van der Waals surface area contributed by atoms with Gasteiger partial charge in [0.2, 0.25) is 0 Å². The zero-order valence-corrected chi connectivity index (χ0v) is 6.37. The maximum absolute atomic E-state index is 8.14. The number of nitrogens with two attached hydrogens (primary N) is 1. The van der Waals surface area contributed by atoms with E-state index in [0.29, 0.717) is 18.1 Å². The molecule has 0 saturated carbocycles. The molecule has 4 nitrogen and oxygen atoms in total. The quantitative estimate of drug-likeness (QED) is 0.226. The van der Waals surface area contributed by atoms with Crippen LogP contribution in [0.25, 0.3) is 0 Å². The lowest BCUT2D eigenvalue weighted by Gasteiger charge is -2.03. The van der Waals surface area contributed by atoms with Gasteiger partial charge in [-0.15, -0.1) is 0 Å². The van der Waals surface area contributed by atoms with Gasteiger partial charge in [-0.1, -0.05) is 0 Å². The molecule has 0 radical (unpaired) electrons. The van der Waals surface area contributed by atoms with E-state index in [1.807, 2.05) is 6.07 Å². The van der Waals surface area contributed by atoms with Gasteiger partial charge >= 0.3 is 0 Å². The summed E-state index contributed by atoms with van der Waals surface area (Å²) in [4.78, 5) is 0. The highest BCUT2D eigenvalue weighted by molar-refractivity contribution is 7.80. The Bertz CT molecular complexity index is 139. The minimum absolute atomic E-state index is 0.415. The number of nitrogens with one attached hydrogen (secondary N) is 2. The number of thiocarbonyl (C=S) groups is 1. The first-order chi connectivity index (χ1) is 4.81. The van der Waals surface area contributed by atoms with Gasteiger partial charge in [-0.05, 0) is 18.6 Å². The number of nitrogens with zero attached hydrogens (tertiary/aromatic N) is 1.